The van der Waals surface area contributed by atoms with Crippen LogP contribution in [0.3, 0.4) is 0 Å². The van der Waals surface area contributed by atoms with Crippen LogP contribution < -0.4 is 10.6 Å². The van der Waals surface area contributed by atoms with Crippen molar-refractivity contribution < 1.29 is 10.0 Å². The number of rotatable bonds is 6. The molecule has 1 aromatic rings. The van der Waals surface area contributed by atoms with Crippen LogP contribution in [-0.4, -0.2) is 29.2 Å². The lowest BCUT2D eigenvalue weighted by atomic mass is 10.2. The van der Waals surface area contributed by atoms with Crippen molar-refractivity contribution in [1.29, 1.82) is 0 Å². The van der Waals surface area contributed by atoms with E-state index in [0.29, 0.717) is 24.3 Å². The first-order chi connectivity index (χ1) is 8.45. The minimum atomic E-state index is -0.454. The van der Waals surface area contributed by atoms with Crippen LogP contribution in [0.15, 0.2) is 18.2 Å². The predicted molar refractivity (Wildman–Crippen MR) is 71.7 cm³/mol. The summed E-state index contributed by atoms with van der Waals surface area (Å²) < 4.78 is 0. The van der Waals surface area contributed by atoms with Crippen LogP contribution in [0.2, 0.25) is 0 Å². The number of anilines is 2. The summed E-state index contributed by atoms with van der Waals surface area (Å²) in [5.41, 5.74) is 6.75. The van der Waals surface area contributed by atoms with Gasteiger partial charge in [0.1, 0.15) is 0 Å². The Kier molecular flexibility index (Phi) is 4.91. The van der Waals surface area contributed by atoms with E-state index in [9.17, 15) is 10.1 Å². The number of nitro groups is 1. The molecule has 1 rings (SSSR count). The molecule has 0 aliphatic carbocycles. The normalized spacial score (nSPS) is 10.7. The van der Waals surface area contributed by atoms with Crippen molar-refractivity contribution in [3.8, 4) is 0 Å². The van der Waals surface area contributed by atoms with Gasteiger partial charge in [-0.05, 0) is 26.3 Å². The molecule has 100 valence electrons. The second-order valence-corrected chi connectivity index (χ2v) is 4.40. The number of nitro benzene ring substituents is 1. The van der Waals surface area contributed by atoms with Crippen molar-refractivity contribution in [1.82, 2.24) is 0 Å². The molecule has 3 N–H and O–H groups in total. The van der Waals surface area contributed by atoms with Gasteiger partial charge in [-0.3, -0.25) is 10.1 Å². The zero-order valence-electron chi connectivity index (χ0n) is 10.7. The van der Waals surface area contributed by atoms with Gasteiger partial charge in [0.25, 0.3) is 5.69 Å². The molecule has 0 aliphatic heterocycles. The van der Waals surface area contributed by atoms with E-state index in [1.807, 2.05) is 18.7 Å². The fraction of sp³-hybridized carbons (Fsp3) is 0.500. The van der Waals surface area contributed by atoms with Gasteiger partial charge in [-0.2, -0.15) is 0 Å². The van der Waals surface area contributed by atoms with Crippen molar-refractivity contribution >= 4 is 17.1 Å². The maximum atomic E-state index is 10.8. The largest absolute Gasteiger partial charge is 0.398 e. The van der Waals surface area contributed by atoms with Crippen molar-refractivity contribution in [3.63, 3.8) is 0 Å². The van der Waals surface area contributed by atoms with Crippen LogP contribution in [0.1, 0.15) is 20.3 Å². The average molecular weight is 253 g/mol. The summed E-state index contributed by atoms with van der Waals surface area (Å²) in [7, 11) is 0. The Morgan fingerprint density at radius 2 is 2.11 bits per heavy atom. The average Bonchev–Trinajstić information content (AvgIpc) is 2.28. The fourth-order valence-electron chi connectivity index (χ4n) is 1.82. The van der Waals surface area contributed by atoms with E-state index in [-0.39, 0.29) is 18.3 Å². The van der Waals surface area contributed by atoms with E-state index in [1.54, 1.807) is 6.07 Å². The summed E-state index contributed by atoms with van der Waals surface area (Å²) in [6, 6.07) is 4.74. The molecule has 0 amide bonds. The first-order valence-electron chi connectivity index (χ1n) is 5.88. The van der Waals surface area contributed by atoms with Gasteiger partial charge in [0.15, 0.2) is 0 Å². The zero-order chi connectivity index (χ0) is 13.7. The smallest absolute Gasteiger partial charge is 0.273 e. The van der Waals surface area contributed by atoms with Crippen LogP contribution in [0.25, 0.3) is 0 Å². The van der Waals surface area contributed by atoms with Gasteiger partial charge >= 0.3 is 0 Å². The lowest BCUT2D eigenvalue weighted by Crippen LogP contribution is -2.32. The minimum absolute atomic E-state index is 0.0142. The molecular weight excluding hydrogens is 234 g/mol. The predicted octanol–water partition coefficient (Wildman–Crippen LogP) is 1.77. The van der Waals surface area contributed by atoms with Gasteiger partial charge in [0.2, 0.25) is 0 Å². The third kappa shape index (κ3) is 3.59. The highest BCUT2D eigenvalue weighted by molar-refractivity contribution is 5.63. The van der Waals surface area contributed by atoms with Gasteiger partial charge in [-0.1, -0.05) is 0 Å². The van der Waals surface area contributed by atoms with Gasteiger partial charge in [0, 0.05) is 42.7 Å². The number of benzene rings is 1. The number of hydrogen-bond donors (Lipinski definition) is 2. The fourth-order valence-corrected chi connectivity index (χ4v) is 1.82. The van der Waals surface area contributed by atoms with Crippen LogP contribution in [0.5, 0.6) is 0 Å². The quantitative estimate of drug-likeness (QED) is 0.458. The van der Waals surface area contributed by atoms with Gasteiger partial charge in [-0.15, -0.1) is 0 Å². The third-order valence-electron chi connectivity index (χ3n) is 2.65. The number of non-ortho nitro benzene ring substituents is 1. The highest BCUT2D eigenvalue weighted by Gasteiger charge is 2.15. The Morgan fingerprint density at radius 3 is 2.61 bits per heavy atom. The Hall–Kier alpha value is -1.82. The maximum Gasteiger partial charge on any atom is 0.273 e. The highest BCUT2D eigenvalue weighted by atomic mass is 16.6. The van der Waals surface area contributed by atoms with Crippen LogP contribution in [0.4, 0.5) is 17.1 Å². The molecule has 0 unspecified atom stereocenters. The molecule has 0 saturated carbocycles. The first-order valence-corrected chi connectivity index (χ1v) is 5.88. The van der Waals surface area contributed by atoms with E-state index in [0.717, 1.165) is 0 Å². The molecular formula is C12H19N3O3. The highest BCUT2D eigenvalue weighted by Crippen LogP contribution is 2.26. The summed E-state index contributed by atoms with van der Waals surface area (Å²) >= 11 is 0. The van der Waals surface area contributed by atoms with Gasteiger partial charge in [-0.25, -0.2) is 0 Å². The number of nitrogen functional groups attached to an aromatic ring is 1. The second-order valence-electron chi connectivity index (χ2n) is 4.40. The van der Waals surface area contributed by atoms with E-state index < -0.39 is 4.92 Å². The second kappa shape index (κ2) is 6.20. The summed E-state index contributed by atoms with van der Waals surface area (Å²) in [6.45, 7) is 4.71. The topological polar surface area (TPSA) is 92.6 Å². The van der Waals surface area contributed by atoms with Crippen LogP contribution >= 0.6 is 0 Å². The molecule has 6 heteroatoms. The number of nitrogens with zero attached hydrogens (tertiary/aromatic N) is 2. The molecule has 0 saturated heterocycles. The lowest BCUT2D eigenvalue weighted by Gasteiger charge is -2.28. The van der Waals surface area contributed by atoms with E-state index >= 15 is 0 Å². The molecule has 0 atom stereocenters. The Labute approximate surface area is 106 Å². The Bertz CT molecular complexity index is 421. The summed E-state index contributed by atoms with van der Waals surface area (Å²) in [5, 5.41) is 19.7. The first kappa shape index (κ1) is 14.2. The molecule has 0 aliphatic rings. The molecule has 0 spiro atoms. The monoisotopic (exact) mass is 253 g/mol. The zero-order valence-corrected chi connectivity index (χ0v) is 10.7. The SMILES string of the molecule is CC(C)N(CCCO)c1cc(N)cc([N+](=O)[O-])c1. The lowest BCUT2D eigenvalue weighted by molar-refractivity contribution is -0.384. The van der Waals surface area contributed by atoms with Crippen LogP contribution in [-0.2, 0) is 0 Å². The van der Waals surface area contributed by atoms with Crippen molar-refractivity contribution in [2.45, 2.75) is 26.3 Å². The maximum absolute atomic E-state index is 10.8. The van der Waals surface area contributed by atoms with Crippen molar-refractivity contribution in [3.05, 3.63) is 28.3 Å². The van der Waals surface area contributed by atoms with Crippen LogP contribution in [0, 0.1) is 10.1 Å². The van der Waals surface area contributed by atoms with E-state index in [4.69, 9.17) is 10.8 Å². The molecule has 0 fully saturated rings. The standard InChI is InChI=1S/C12H19N3O3/c1-9(2)14(4-3-5-16)11-6-10(13)7-12(8-11)15(17)18/h6-9,16H,3-5,13H2,1-2H3. The third-order valence-corrected chi connectivity index (χ3v) is 2.65. The van der Waals surface area contributed by atoms with E-state index in [2.05, 4.69) is 0 Å². The summed E-state index contributed by atoms with van der Waals surface area (Å²) in [6.07, 6.45) is 0.612. The Balaban J connectivity index is 3.07. The molecule has 1 aromatic carbocycles. The molecule has 0 heterocycles. The number of aliphatic hydroxyl groups is 1. The Morgan fingerprint density at radius 1 is 1.44 bits per heavy atom. The number of nitrogens with two attached hydrogens (primary N) is 1. The molecule has 6 nitrogen and oxygen atoms in total. The molecule has 18 heavy (non-hydrogen) atoms. The summed E-state index contributed by atoms with van der Waals surface area (Å²) in [4.78, 5) is 12.3. The molecule has 0 radical (unpaired) electrons. The molecule has 0 bridgehead atoms. The minimum Gasteiger partial charge on any atom is -0.398 e. The van der Waals surface area contributed by atoms with Crippen molar-refractivity contribution in [2.24, 2.45) is 0 Å². The molecule has 0 aromatic heterocycles. The van der Waals surface area contributed by atoms with Gasteiger partial charge in [0.05, 0.1) is 4.92 Å². The van der Waals surface area contributed by atoms with Gasteiger partial charge < -0.3 is 15.7 Å². The van der Waals surface area contributed by atoms with E-state index in [1.165, 1.54) is 12.1 Å². The van der Waals surface area contributed by atoms with Crippen molar-refractivity contribution in [2.75, 3.05) is 23.8 Å². The summed E-state index contributed by atoms with van der Waals surface area (Å²) in [5.74, 6) is 0. The number of hydrogen-bond acceptors (Lipinski definition) is 5. The number of aliphatic hydroxyl groups excluding tert-OH is 1.